The second kappa shape index (κ2) is 5.71. The van der Waals surface area contributed by atoms with Crippen LogP contribution in [0.15, 0.2) is 0 Å². The van der Waals surface area contributed by atoms with E-state index in [0.29, 0.717) is 11.8 Å². The van der Waals surface area contributed by atoms with Crippen LogP contribution in [0.2, 0.25) is 0 Å². The molecule has 0 aromatic heterocycles. The fraction of sp³-hybridized carbons (Fsp3) is 1.00. The van der Waals surface area contributed by atoms with Crippen molar-refractivity contribution >= 4 is 0 Å². The van der Waals surface area contributed by atoms with Gasteiger partial charge in [0.1, 0.15) is 0 Å². The monoisotopic (exact) mass is 240 g/mol. The third-order valence-electron chi connectivity index (χ3n) is 5.33. The highest BCUT2D eigenvalue weighted by Crippen LogP contribution is 2.48. The molecule has 0 aliphatic heterocycles. The predicted octanol–water partition coefficient (Wildman–Crippen LogP) is 3.79. The third-order valence-corrected chi connectivity index (χ3v) is 5.33. The van der Waals surface area contributed by atoms with Crippen molar-refractivity contribution in [3.05, 3.63) is 0 Å². The molecule has 100 valence electrons. The summed E-state index contributed by atoms with van der Waals surface area (Å²) in [7, 11) is 3.74. The molecule has 0 saturated heterocycles. The van der Waals surface area contributed by atoms with Crippen molar-refractivity contribution in [1.82, 2.24) is 0 Å². The van der Waals surface area contributed by atoms with Crippen LogP contribution in [0, 0.1) is 11.8 Å². The van der Waals surface area contributed by atoms with Crippen molar-refractivity contribution in [3.63, 3.8) is 0 Å². The summed E-state index contributed by atoms with van der Waals surface area (Å²) in [5, 5.41) is 0. The van der Waals surface area contributed by atoms with E-state index >= 15 is 0 Å². The van der Waals surface area contributed by atoms with Crippen molar-refractivity contribution < 1.29 is 9.47 Å². The molecular weight excluding hydrogens is 212 g/mol. The lowest BCUT2D eigenvalue weighted by Crippen LogP contribution is -2.54. The first-order chi connectivity index (χ1) is 8.25. The van der Waals surface area contributed by atoms with E-state index < -0.39 is 0 Å². The van der Waals surface area contributed by atoms with E-state index in [2.05, 4.69) is 6.92 Å². The lowest BCUT2D eigenvalue weighted by molar-refractivity contribution is -0.174. The number of rotatable bonds is 5. The molecule has 0 aromatic rings. The SMILES string of the molecule is COC(C)C(OC)(C1CCCC1)C1CCCC1. The Labute approximate surface area is 106 Å². The highest BCUT2D eigenvalue weighted by molar-refractivity contribution is 5.01. The fourth-order valence-electron chi connectivity index (χ4n) is 4.43. The van der Waals surface area contributed by atoms with Gasteiger partial charge in [-0.05, 0) is 44.4 Å². The third kappa shape index (κ3) is 2.26. The Kier molecular flexibility index (Phi) is 4.48. The molecule has 17 heavy (non-hydrogen) atoms. The molecule has 1 atom stereocenters. The van der Waals surface area contributed by atoms with Gasteiger partial charge in [-0.3, -0.25) is 0 Å². The van der Waals surface area contributed by atoms with E-state index in [1.165, 1.54) is 51.4 Å². The maximum absolute atomic E-state index is 6.13. The zero-order valence-electron chi connectivity index (χ0n) is 11.7. The summed E-state index contributed by atoms with van der Waals surface area (Å²) in [5.41, 5.74) is -0.0122. The molecule has 0 heterocycles. The molecule has 0 N–H and O–H groups in total. The van der Waals surface area contributed by atoms with Crippen molar-refractivity contribution in [2.45, 2.75) is 70.0 Å². The minimum absolute atomic E-state index is 0.0122. The van der Waals surface area contributed by atoms with Crippen LogP contribution < -0.4 is 0 Å². The number of hydrogen-bond donors (Lipinski definition) is 0. The molecule has 0 aromatic carbocycles. The summed E-state index contributed by atoms with van der Waals surface area (Å²) in [6.45, 7) is 2.21. The van der Waals surface area contributed by atoms with Gasteiger partial charge in [0.25, 0.3) is 0 Å². The summed E-state index contributed by atoms with van der Waals surface area (Å²) in [5.74, 6) is 1.43. The molecule has 0 bridgehead atoms. The van der Waals surface area contributed by atoms with E-state index in [0.717, 1.165) is 0 Å². The van der Waals surface area contributed by atoms with E-state index in [1.807, 2.05) is 14.2 Å². The van der Waals surface area contributed by atoms with Gasteiger partial charge in [-0.15, -0.1) is 0 Å². The lowest BCUT2D eigenvalue weighted by atomic mass is 9.71. The van der Waals surface area contributed by atoms with Crippen molar-refractivity contribution in [3.8, 4) is 0 Å². The molecule has 2 aliphatic rings. The Morgan fingerprint density at radius 1 is 0.882 bits per heavy atom. The first-order valence-electron chi connectivity index (χ1n) is 7.33. The van der Waals surface area contributed by atoms with E-state index in [1.54, 1.807) is 0 Å². The fourth-order valence-corrected chi connectivity index (χ4v) is 4.43. The van der Waals surface area contributed by atoms with Crippen LogP contribution in [-0.2, 0) is 9.47 Å². The first-order valence-corrected chi connectivity index (χ1v) is 7.33. The van der Waals surface area contributed by atoms with Gasteiger partial charge in [-0.1, -0.05) is 25.7 Å². The highest BCUT2D eigenvalue weighted by atomic mass is 16.5. The molecule has 2 fully saturated rings. The van der Waals surface area contributed by atoms with Gasteiger partial charge in [0.15, 0.2) is 0 Å². The molecule has 0 radical (unpaired) electrons. The van der Waals surface area contributed by atoms with Gasteiger partial charge in [0.2, 0.25) is 0 Å². The zero-order chi connectivity index (χ0) is 12.3. The average molecular weight is 240 g/mol. The summed E-state index contributed by atoms with van der Waals surface area (Å²) >= 11 is 0. The van der Waals surface area contributed by atoms with E-state index in [-0.39, 0.29) is 11.7 Å². The van der Waals surface area contributed by atoms with Crippen LogP contribution in [0.25, 0.3) is 0 Å². The minimum atomic E-state index is -0.0122. The second-order valence-electron chi connectivity index (χ2n) is 5.90. The molecule has 2 heteroatoms. The van der Waals surface area contributed by atoms with Crippen LogP contribution in [0.1, 0.15) is 58.3 Å². The maximum atomic E-state index is 6.13. The van der Waals surface area contributed by atoms with Gasteiger partial charge >= 0.3 is 0 Å². The molecule has 2 nitrogen and oxygen atoms in total. The highest BCUT2D eigenvalue weighted by Gasteiger charge is 2.51. The summed E-state index contributed by atoms with van der Waals surface area (Å²) < 4.78 is 11.8. The average Bonchev–Trinajstić information content (AvgIpc) is 3.03. The molecule has 0 amide bonds. The Morgan fingerprint density at radius 2 is 1.29 bits per heavy atom. The molecule has 2 rings (SSSR count). The minimum Gasteiger partial charge on any atom is -0.379 e. The number of ether oxygens (including phenoxy) is 2. The van der Waals surface area contributed by atoms with Gasteiger partial charge in [-0.25, -0.2) is 0 Å². The standard InChI is InChI=1S/C15H28O2/c1-12(16-2)15(17-3,13-8-4-5-9-13)14-10-6-7-11-14/h12-14H,4-11H2,1-3H3. The summed E-state index contributed by atoms with van der Waals surface area (Å²) in [6.07, 6.45) is 11.0. The number of methoxy groups -OCH3 is 2. The Hall–Kier alpha value is -0.0800. The zero-order valence-corrected chi connectivity index (χ0v) is 11.7. The van der Waals surface area contributed by atoms with Crippen molar-refractivity contribution in [2.75, 3.05) is 14.2 Å². The van der Waals surface area contributed by atoms with Gasteiger partial charge < -0.3 is 9.47 Å². The van der Waals surface area contributed by atoms with Crippen molar-refractivity contribution in [1.29, 1.82) is 0 Å². The quantitative estimate of drug-likeness (QED) is 0.728. The predicted molar refractivity (Wildman–Crippen MR) is 70.1 cm³/mol. The van der Waals surface area contributed by atoms with E-state index in [9.17, 15) is 0 Å². The molecule has 0 spiro atoms. The molecule has 2 saturated carbocycles. The Balaban J connectivity index is 2.23. The Bertz CT molecular complexity index is 211. The van der Waals surface area contributed by atoms with E-state index in [4.69, 9.17) is 9.47 Å². The Morgan fingerprint density at radius 3 is 1.59 bits per heavy atom. The van der Waals surface area contributed by atoms with Gasteiger partial charge in [0, 0.05) is 14.2 Å². The van der Waals surface area contributed by atoms with Gasteiger partial charge in [-0.2, -0.15) is 0 Å². The van der Waals surface area contributed by atoms with Crippen LogP contribution in [0.4, 0.5) is 0 Å². The smallest absolute Gasteiger partial charge is 0.0991 e. The molecule has 1 unspecified atom stereocenters. The van der Waals surface area contributed by atoms with Crippen LogP contribution >= 0.6 is 0 Å². The second-order valence-corrected chi connectivity index (χ2v) is 5.90. The lowest BCUT2D eigenvalue weighted by Gasteiger charge is -2.46. The van der Waals surface area contributed by atoms with Crippen molar-refractivity contribution in [2.24, 2.45) is 11.8 Å². The van der Waals surface area contributed by atoms with Crippen LogP contribution in [0.3, 0.4) is 0 Å². The van der Waals surface area contributed by atoms with Gasteiger partial charge in [0.05, 0.1) is 11.7 Å². The maximum Gasteiger partial charge on any atom is 0.0991 e. The molecule has 2 aliphatic carbocycles. The first kappa shape index (κ1) is 13.4. The normalized spacial score (nSPS) is 25.6. The number of hydrogen-bond acceptors (Lipinski definition) is 2. The summed E-state index contributed by atoms with van der Waals surface area (Å²) in [6, 6.07) is 0. The van der Waals surface area contributed by atoms with Crippen LogP contribution in [0.5, 0.6) is 0 Å². The molecular formula is C15H28O2. The van der Waals surface area contributed by atoms with Crippen LogP contribution in [-0.4, -0.2) is 25.9 Å². The summed E-state index contributed by atoms with van der Waals surface area (Å²) in [4.78, 5) is 0. The largest absolute Gasteiger partial charge is 0.379 e. The topological polar surface area (TPSA) is 18.5 Å².